The first-order valence-corrected chi connectivity index (χ1v) is 8.39. The maximum atomic E-state index is 12.2. The predicted octanol–water partition coefficient (Wildman–Crippen LogP) is 2.14. The zero-order valence-corrected chi connectivity index (χ0v) is 13.3. The summed E-state index contributed by atoms with van der Waals surface area (Å²) in [7, 11) is -3.42. The van der Waals surface area contributed by atoms with Gasteiger partial charge < -0.3 is 14.0 Å². The van der Waals surface area contributed by atoms with Crippen LogP contribution < -0.4 is 0 Å². The van der Waals surface area contributed by atoms with Gasteiger partial charge in [-0.1, -0.05) is 6.92 Å². The van der Waals surface area contributed by atoms with Gasteiger partial charge in [-0.15, -0.1) is 0 Å². The quantitative estimate of drug-likeness (QED) is 0.451. The Morgan fingerprint density at radius 1 is 1.00 bits per heavy atom. The second-order valence-corrected chi connectivity index (χ2v) is 6.02. The summed E-state index contributed by atoms with van der Waals surface area (Å²) in [4.78, 5) is 23.2. The molecule has 2 unspecified atom stereocenters. The summed E-state index contributed by atoms with van der Waals surface area (Å²) in [5.41, 5.74) is 0. The number of carbonyl (C=O) groups excluding carboxylic acids is 2. The SMILES string of the molecule is CCOC(=O)CC(OP(=O)(CC)OCC)C(=O)OCC. The van der Waals surface area contributed by atoms with Crippen LogP contribution in [0.4, 0.5) is 0 Å². The van der Waals surface area contributed by atoms with Crippen molar-refractivity contribution in [1.82, 2.24) is 0 Å². The van der Waals surface area contributed by atoms with E-state index in [2.05, 4.69) is 0 Å². The molecule has 0 saturated heterocycles. The monoisotopic (exact) mass is 310 g/mol. The Morgan fingerprint density at radius 3 is 2.05 bits per heavy atom. The van der Waals surface area contributed by atoms with E-state index in [4.69, 9.17) is 18.5 Å². The molecule has 0 N–H and O–H groups in total. The van der Waals surface area contributed by atoms with E-state index in [1.807, 2.05) is 0 Å². The first-order chi connectivity index (χ1) is 9.42. The number of ether oxygens (including phenoxy) is 2. The van der Waals surface area contributed by atoms with Crippen LogP contribution in [-0.4, -0.2) is 44.0 Å². The van der Waals surface area contributed by atoms with E-state index in [9.17, 15) is 14.2 Å². The van der Waals surface area contributed by atoms with Gasteiger partial charge in [0.15, 0.2) is 6.10 Å². The van der Waals surface area contributed by atoms with Crippen molar-refractivity contribution in [3.05, 3.63) is 0 Å². The van der Waals surface area contributed by atoms with Crippen molar-refractivity contribution in [2.45, 2.75) is 40.2 Å². The van der Waals surface area contributed by atoms with E-state index in [0.29, 0.717) is 0 Å². The summed E-state index contributed by atoms with van der Waals surface area (Å²) in [6, 6.07) is 0. The molecule has 2 atom stereocenters. The van der Waals surface area contributed by atoms with E-state index < -0.39 is 25.6 Å². The minimum atomic E-state index is -3.42. The Balaban J connectivity index is 4.87. The summed E-state index contributed by atoms with van der Waals surface area (Å²) in [6.45, 7) is 7.05. The predicted molar refractivity (Wildman–Crippen MR) is 72.5 cm³/mol. The molecule has 0 spiro atoms. The molecule has 0 aliphatic heterocycles. The summed E-state index contributed by atoms with van der Waals surface area (Å²) in [6.07, 6.45) is -1.55. The van der Waals surface area contributed by atoms with Crippen molar-refractivity contribution in [3.8, 4) is 0 Å². The molecule has 0 aliphatic carbocycles. The third kappa shape index (κ3) is 7.03. The molecule has 0 heterocycles. The Morgan fingerprint density at radius 2 is 1.60 bits per heavy atom. The van der Waals surface area contributed by atoms with Crippen LogP contribution in [0.3, 0.4) is 0 Å². The third-order valence-electron chi connectivity index (χ3n) is 2.21. The van der Waals surface area contributed by atoms with Crippen molar-refractivity contribution < 1.29 is 32.7 Å². The van der Waals surface area contributed by atoms with Crippen molar-refractivity contribution in [3.63, 3.8) is 0 Å². The molecule has 0 saturated carbocycles. The first-order valence-electron chi connectivity index (χ1n) is 6.66. The number of carbonyl (C=O) groups is 2. The Hall–Kier alpha value is -0.910. The lowest BCUT2D eigenvalue weighted by Gasteiger charge is -2.21. The number of esters is 2. The van der Waals surface area contributed by atoms with Crippen LogP contribution in [0.5, 0.6) is 0 Å². The molecule has 8 heteroatoms. The average molecular weight is 310 g/mol. The fourth-order valence-electron chi connectivity index (χ4n) is 1.36. The van der Waals surface area contributed by atoms with Gasteiger partial charge in [-0.2, -0.15) is 0 Å². The van der Waals surface area contributed by atoms with Crippen molar-refractivity contribution in [2.75, 3.05) is 26.0 Å². The van der Waals surface area contributed by atoms with Crippen LogP contribution in [0.25, 0.3) is 0 Å². The van der Waals surface area contributed by atoms with Crippen LogP contribution in [0, 0.1) is 0 Å². The molecule has 0 radical (unpaired) electrons. The van der Waals surface area contributed by atoms with E-state index in [1.165, 1.54) is 0 Å². The second-order valence-electron chi connectivity index (χ2n) is 3.70. The first kappa shape index (κ1) is 19.1. The Kier molecular flexibility index (Phi) is 9.46. The molecule has 0 fully saturated rings. The van der Waals surface area contributed by atoms with Gasteiger partial charge in [-0.3, -0.25) is 13.9 Å². The minimum absolute atomic E-state index is 0.0968. The van der Waals surface area contributed by atoms with Crippen LogP contribution >= 0.6 is 7.60 Å². The molecular formula is C12H23O7P. The van der Waals surface area contributed by atoms with Crippen LogP contribution in [0.2, 0.25) is 0 Å². The zero-order chi connectivity index (χ0) is 15.6. The molecule has 0 aromatic rings. The van der Waals surface area contributed by atoms with Crippen LogP contribution in [-0.2, 0) is 32.7 Å². The van der Waals surface area contributed by atoms with E-state index >= 15 is 0 Å². The summed E-state index contributed by atoms with van der Waals surface area (Å²) >= 11 is 0. The molecule has 7 nitrogen and oxygen atoms in total. The molecule has 0 bridgehead atoms. The highest BCUT2D eigenvalue weighted by Crippen LogP contribution is 2.49. The van der Waals surface area contributed by atoms with Crippen LogP contribution in [0.15, 0.2) is 0 Å². The molecule has 20 heavy (non-hydrogen) atoms. The van der Waals surface area contributed by atoms with Gasteiger partial charge in [-0.05, 0) is 20.8 Å². The Bertz CT molecular complexity index is 356. The number of hydrogen-bond donors (Lipinski definition) is 0. The minimum Gasteiger partial charge on any atom is -0.466 e. The topological polar surface area (TPSA) is 88.1 Å². The average Bonchev–Trinajstić information content (AvgIpc) is 2.39. The lowest BCUT2D eigenvalue weighted by Crippen LogP contribution is -2.29. The van der Waals surface area contributed by atoms with Gasteiger partial charge in [0.25, 0.3) is 0 Å². The molecule has 0 aromatic heterocycles. The lowest BCUT2D eigenvalue weighted by molar-refractivity contribution is -0.158. The highest BCUT2D eigenvalue weighted by Gasteiger charge is 2.33. The highest BCUT2D eigenvalue weighted by atomic mass is 31.2. The maximum absolute atomic E-state index is 12.2. The molecule has 0 aromatic carbocycles. The fraction of sp³-hybridized carbons (Fsp3) is 0.833. The zero-order valence-electron chi connectivity index (χ0n) is 12.4. The largest absolute Gasteiger partial charge is 0.466 e. The van der Waals surface area contributed by atoms with E-state index in [-0.39, 0.29) is 32.4 Å². The maximum Gasteiger partial charge on any atom is 0.336 e. The van der Waals surface area contributed by atoms with Gasteiger partial charge in [0.05, 0.1) is 26.2 Å². The standard InChI is InChI=1S/C12H23O7P/c1-5-16-11(13)9-10(12(14)17-6-2)19-20(15,8-4)18-7-3/h10H,5-9H2,1-4H3. The second kappa shape index (κ2) is 9.91. The third-order valence-corrected chi connectivity index (χ3v) is 4.21. The number of hydrogen-bond acceptors (Lipinski definition) is 7. The molecule has 118 valence electrons. The number of rotatable bonds is 10. The molecule has 0 rings (SSSR count). The Labute approximate surface area is 119 Å². The summed E-state index contributed by atoms with van der Waals surface area (Å²) in [5.74, 6) is -1.38. The fourth-order valence-corrected chi connectivity index (χ4v) is 2.69. The van der Waals surface area contributed by atoms with E-state index in [1.54, 1.807) is 27.7 Å². The molecule has 0 aliphatic rings. The summed E-state index contributed by atoms with van der Waals surface area (Å²) < 4.78 is 32.1. The van der Waals surface area contributed by atoms with Gasteiger partial charge in [0.1, 0.15) is 0 Å². The van der Waals surface area contributed by atoms with Gasteiger partial charge >= 0.3 is 19.5 Å². The summed E-state index contributed by atoms with van der Waals surface area (Å²) in [5, 5.41) is 0. The van der Waals surface area contributed by atoms with Gasteiger partial charge in [-0.25, -0.2) is 4.79 Å². The van der Waals surface area contributed by atoms with Crippen molar-refractivity contribution in [1.29, 1.82) is 0 Å². The van der Waals surface area contributed by atoms with E-state index in [0.717, 1.165) is 0 Å². The lowest BCUT2D eigenvalue weighted by atomic mass is 10.2. The smallest absolute Gasteiger partial charge is 0.336 e. The van der Waals surface area contributed by atoms with Gasteiger partial charge in [0, 0.05) is 6.16 Å². The van der Waals surface area contributed by atoms with Crippen LogP contribution in [0.1, 0.15) is 34.1 Å². The normalized spacial score (nSPS) is 15.2. The molecule has 0 amide bonds. The van der Waals surface area contributed by atoms with Gasteiger partial charge in [0.2, 0.25) is 0 Å². The highest BCUT2D eigenvalue weighted by molar-refractivity contribution is 7.53. The van der Waals surface area contributed by atoms with Crippen molar-refractivity contribution >= 4 is 19.5 Å². The molecular weight excluding hydrogens is 287 g/mol. The van der Waals surface area contributed by atoms with Crippen molar-refractivity contribution in [2.24, 2.45) is 0 Å².